The predicted octanol–water partition coefficient (Wildman–Crippen LogP) is 5.52. The van der Waals surface area contributed by atoms with Crippen LogP contribution < -0.4 is 15.5 Å². The molecular weight excluding hydrogens is 482 g/mol. The van der Waals surface area contributed by atoms with Crippen molar-refractivity contribution in [2.24, 2.45) is 0 Å². The van der Waals surface area contributed by atoms with Crippen LogP contribution in [0.15, 0.2) is 66.0 Å². The Morgan fingerprint density at radius 3 is 2.37 bits per heavy atom. The number of anilines is 1. The van der Waals surface area contributed by atoms with Gasteiger partial charge in [0.1, 0.15) is 6.04 Å². The van der Waals surface area contributed by atoms with Gasteiger partial charge in [-0.15, -0.1) is 11.3 Å². The summed E-state index contributed by atoms with van der Waals surface area (Å²) >= 11 is 7.55. The summed E-state index contributed by atoms with van der Waals surface area (Å²) in [5.74, 6) is -1.10. The summed E-state index contributed by atoms with van der Waals surface area (Å²) in [7, 11) is 0. The molecule has 0 aliphatic rings. The minimum atomic E-state index is -0.967. The van der Waals surface area contributed by atoms with Crippen LogP contribution in [0, 0.1) is 6.92 Å². The molecule has 0 saturated heterocycles. The van der Waals surface area contributed by atoms with E-state index in [0.29, 0.717) is 27.6 Å². The van der Waals surface area contributed by atoms with Gasteiger partial charge in [-0.2, -0.15) is 0 Å². The van der Waals surface area contributed by atoms with Crippen LogP contribution in [0.4, 0.5) is 5.69 Å². The molecule has 184 valence electrons. The maximum atomic E-state index is 13.7. The Kier molecular flexibility index (Phi) is 8.70. The molecule has 0 bridgehead atoms. The molecule has 35 heavy (non-hydrogen) atoms. The lowest BCUT2D eigenvalue weighted by Crippen LogP contribution is -2.52. The Balaban J connectivity index is 2.03. The van der Waals surface area contributed by atoms with E-state index in [9.17, 15) is 14.4 Å². The molecule has 3 amide bonds. The first-order valence-electron chi connectivity index (χ1n) is 11.4. The van der Waals surface area contributed by atoms with Gasteiger partial charge in [0.25, 0.3) is 5.91 Å². The molecule has 0 aliphatic heterocycles. The van der Waals surface area contributed by atoms with E-state index in [1.54, 1.807) is 41.8 Å². The molecule has 0 unspecified atom stereocenters. The molecular formula is C27H30ClN3O3S. The highest BCUT2D eigenvalue weighted by atomic mass is 35.5. The fourth-order valence-electron chi connectivity index (χ4n) is 3.46. The second-order valence-corrected chi connectivity index (χ2v) is 10.3. The van der Waals surface area contributed by atoms with Crippen LogP contribution in [0.5, 0.6) is 0 Å². The molecule has 2 aromatic carbocycles. The van der Waals surface area contributed by atoms with Gasteiger partial charge >= 0.3 is 0 Å². The topological polar surface area (TPSA) is 78.5 Å². The normalized spacial score (nSPS) is 12.0. The van der Waals surface area contributed by atoms with Crippen molar-refractivity contribution in [1.29, 1.82) is 0 Å². The number of nitrogens with zero attached hydrogens (tertiary/aromatic N) is 1. The van der Waals surface area contributed by atoms with Gasteiger partial charge in [0.2, 0.25) is 11.8 Å². The summed E-state index contributed by atoms with van der Waals surface area (Å²) in [6.45, 7) is 7.53. The van der Waals surface area contributed by atoms with E-state index < -0.39 is 17.5 Å². The van der Waals surface area contributed by atoms with E-state index >= 15 is 0 Å². The molecule has 8 heteroatoms. The van der Waals surface area contributed by atoms with Gasteiger partial charge in [0.15, 0.2) is 0 Å². The van der Waals surface area contributed by atoms with Crippen molar-refractivity contribution in [3.8, 4) is 0 Å². The van der Waals surface area contributed by atoms with E-state index in [4.69, 9.17) is 11.6 Å². The van der Waals surface area contributed by atoms with Crippen LogP contribution in [-0.4, -0.2) is 29.8 Å². The van der Waals surface area contributed by atoms with Crippen molar-refractivity contribution in [3.63, 3.8) is 0 Å². The van der Waals surface area contributed by atoms with E-state index in [1.807, 2.05) is 52.0 Å². The second-order valence-electron chi connectivity index (χ2n) is 8.94. The fourth-order valence-corrected chi connectivity index (χ4v) is 4.28. The first kappa shape index (κ1) is 26.4. The average Bonchev–Trinajstić information content (AvgIpc) is 3.36. The lowest BCUT2D eigenvalue weighted by Gasteiger charge is -2.34. The van der Waals surface area contributed by atoms with E-state index in [0.717, 1.165) is 5.56 Å². The lowest BCUT2D eigenvalue weighted by molar-refractivity contribution is -0.127. The first-order chi connectivity index (χ1) is 16.6. The SMILES string of the molecule is CCC(C)(C)NC(=O)[C@@H](c1ccc(C)cc1)N(C(=O)CNC(=O)c1cccs1)c1cccc(Cl)c1. The number of thiophene rings is 1. The van der Waals surface area contributed by atoms with Gasteiger partial charge < -0.3 is 10.6 Å². The highest BCUT2D eigenvalue weighted by Crippen LogP contribution is 2.31. The third-order valence-electron chi connectivity index (χ3n) is 5.75. The standard InChI is InChI=1S/C27H30ClN3O3S/c1-5-27(3,4)30-26(34)24(19-13-11-18(2)12-14-19)31(21-9-6-8-20(28)16-21)23(32)17-29-25(33)22-10-7-15-35-22/h6-16,24H,5,17H2,1-4H3,(H,29,33)(H,30,34)/t24-/m1/s1. The summed E-state index contributed by atoms with van der Waals surface area (Å²) < 4.78 is 0. The summed E-state index contributed by atoms with van der Waals surface area (Å²) in [6.07, 6.45) is 0.710. The van der Waals surface area contributed by atoms with Gasteiger partial charge in [0.05, 0.1) is 11.4 Å². The van der Waals surface area contributed by atoms with Crippen LogP contribution in [0.3, 0.4) is 0 Å². The Bertz CT molecular complexity index is 1180. The Hall–Kier alpha value is -3.16. The van der Waals surface area contributed by atoms with Crippen LogP contribution in [0.25, 0.3) is 0 Å². The largest absolute Gasteiger partial charge is 0.349 e. The third kappa shape index (κ3) is 6.93. The zero-order chi connectivity index (χ0) is 25.6. The van der Waals surface area contributed by atoms with Gasteiger partial charge in [-0.05, 0) is 62.4 Å². The van der Waals surface area contributed by atoms with Gasteiger partial charge in [0, 0.05) is 16.2 Å². The Morgan fingerprint density at radius 2 is 1.77 bits per heavy atom. The summed E-state index contributed by atoms with van der Waals surface area (Å²) in [5.41, 5.74) is 1.67. The van der Waals surface area contributed by atoms with Crippen LogP contribution in [0.2, 0.25) is 5.02 Å². The average molecular weight is 512 g/mol. The number of rotatable bonds is 9. The number of aryl methyl sites for hydroxylation is 1. The molecule has 3 aromatic rings. The minimum absolute atomic E-state index is 0.282. The van der Waals surface area contributed by atoms with Gasteiger partial charge in [-0.1, -0.05) is 60.5 Å². The molecule has 0 aliphatic carbocycles. The smallest absolute Gasteiger partial charge is 0.261 e. The van der Waals surface area contributed by atoms with E-state index in [-0.39, 0.29) is 18.4 Å². The van der Waals surface area contributed by atoms with E-state index in [1.165, 1.54) is 16.2 Å². The molecule has 1 aromatic heterocycles. The molecule has 0 saturated carbocycles. The number of amides is 3. The third-order valence-corrected chi connectivity index (χ3v) is 6.85. The monoisotopic (exact) mass is 511 g/mol. The second kappa shape index (κ2) is 11.5. The Morgan fingerprint density at radius 1 is 1.06 bits per heavy atom. The predicted molar refractivity (Wildman–Crippen MR) is 142 cm³/mol. The summed E-state index contributed by atoms with van der Waals surface area (Å²) in [6, 6.07) is 16.8. The van der Waals surface area contributed by atoms with Gasteiger partial charge in [-0.3, -0.25) is 19.3 Å². The van der Waals surface area contributed by atoms with Crippen molar-refractivity contribution < 1.29 is 14.4 Å². The number of hydrogen-bond donors (Lipinski definition) is 2. The van der Waals surface area contributed by atoms with E-state index in [2.05, 4.69) is 10.6 Å². The molecule has 0 fully saturated rings. The van der Waals surface area contributed by atoms with Crippen molar-refractivity contribution >= 4 is 46.3 Å². The highest BCUT2D eigenvalue weighted by molar-refractivity contribution is 7.12. The zero-order valence-electron chi connectivity index (χ0n) is 20.3. The molecule has 1 atom stereocenters. The number of halogens is 1. The summed E-state index contributed by atoms with van der Waals surface area (Å²) in [5, 5.41) is 7.98. The molecule has 3 rings (SSSR count). The van der Waals surface area contributed by atoms with Crippen LogP contribution >= 0.6 is 22.9 Å². The highest BCUT2D eigenvalue weighted by Gasteiger charge is 2.35. The quantitative estimate of drug-likeness (QED) is 0.397. The molecule has 6 nitrogen and oxygen atoms in total. The fraction of sp³-hybridized carbons (Fsp3) is 0.296. The number of benzene rings is 2. The molecule has 0 spiro atoms. The van der Waals surface area contributed by atoms with Crippen molar-refractivity contribution in [2.45, 2.75) is 45.7 Å². The number of carbonyl (C=O) groups excluding carboxylic acids is 3. The molecule has 2 N–H and O–H groups in total. The first-order valence-corrected chi connectivity index (χ1v) is 12.6. The minimum Gasteiger partial charge on any atom is -0.349 e. The van der Waals surface area contributed by atoms with Crippen molar-refractivity contribution in [3.05, 3.63) is 87.1 Å². The molecule has 1 heterocycles. The zero-order valence-corrected chi connectivity index (χ0v) is 21.9. The van der Waals surface area contributed by atoms with Crippen LogP contribution in [0.1, 0.15) is 54.0 Å². The number of nitrogens with one attached hydrogen (secondary N) is 2. The Labute approximate surface area is 215 Å². The van der Waals surface area contributed by atoms with Gasteiger partial charge in [-0.25, -0.2) is 0 Å². The van der Waals surface area contributed by atoms with Crippen molar-refractivity contribution in [2.75, 3.05) is 11.4 Å². The maximum Gasteiger partial charge on any atom is 0.261 e. The molecule has 0 radical (unpaired) electrons. The number of hydrogen-bond acceptors (Lipinski definition) is 4. The van der Waals surface area contributed by atoms with Crippen LogP contribution in [-0.2, 0) is 9.59 Å². The summed E-state index contributed by atoms with van der Waals surface area (Å²) in [4.78, 5) is 41.8. The maximum absolute atomic E-state index is 13.7. The number of carbonyl (C=O) groups is 3. The lowest BCUT2D eigenvalue weighted by atomic mass is 9.97. The van der Waals surface area contributed by atoms with Crippen molar-refractivity contribution in [1.82, 2.24) is 10.6 Å².